The number of hydrogen-bond donors (Lipinski definition) is 1. The first kappa shape index (κ1) is 15.8. The molecule has 0 radical (unpaired) electrons. The van der Waals surface area contributed by atoms with E-state index in [0.717, 1.165) is 19.4 Å². The van der Waals surface area contributed by atoms with Gasteiger partial charge in [0.25, 0.3) is 6.43 Å². The first-order valence-corrected chi connectivity index (χ1v) is 6.63. The minimum absolute atomic E-state index is 0.0912. The van der Waals surface area contributed by atoms with Crippen LogP contribution in [0, 0.1) is 0 Å². The highest BCUT2D eigenvalue weighted by atomic mass is 19.3. The fourth-order valence-corrected chi connectivity index (χ4v) is 2.14. The number of alkyl halides is 2. The van der Waals surface area contributed by atoms with Crippen molar-refractivity contribution < 1.29 is 13.5 Å². The Hall–Kier alpha value is -0.260. The molecule has 0 aromatic rings. The standard InChI is InChI=1S/C13H26F2N2O/c1-13(2,3)16-7-10-5-6-11(18-10)8-17(4)9-12(14)15/h10-12,16H,5-9H2,1-4H3. The quantitative estimate of drug-likeness (QED) is 0.795. The lowest BCUT2D eigenvalue weighted by Crippen LogP contribution is -2.41. The Labute approximate surface area is 109 Å². The zero-order chi connectivity index (χ0) is 13.8. The third kappa shape index (κ3) is 6.61. The third-order valence-electron chi connectivity index (χ3n) is 3.02. The van der Waals surface area contributed by atoms with Crippen molar-refractivity contribution in [3.63, 3.8) is 0 Å². The summed E-state index contributed by atoms with van der Waals surface area (Å²) in [7, 11) is 1.72. The van der Waals surface area contributed by atoms with Gasteiger partial charge in [-0.05, 0) is 40.7 Å². The number of nitrogens with one attached hydrogen (secondary N) is 1. The Morgan fingerprint density at radius 3 is 2.44 bits per heavy atom. The Balaban J connectivity index is 2.20. The molecule has 0 bridgehead atoms. The summed E-state index contributed by atoms with van der Waals surface area (Å²) < 4.78 is 30.3. The Morgan fingerprint density at radius 2 is 1.89 bits per heavy atom. The average Bonchev–Trinajstić information content (AvgIpc) is 2.60. The van der Waals surface area contributed by atoms with Crippen LogP contribution in [0.3, 0.4) is 0 Å². The average molecular weight is 264 g/mol. The van der Waals surface area contributed by atoms with Gasteiger partial charge in [0.1, 0.15) is 0 Å². The van der Waals surface area contributed by atoms with Crippen molar-refractivity contribution in [3.8, 4) is 0 Å². The number of nitrogens with zero attached hydrogens (tertiary/aromatic N) is 1. The van der Waals surface area contributed by atoms with Gasteiger partial charge >= 0.3 is 0 Å². The van der Waals surface area contributed by atoms with E-state index in [-0.39, 0.29) is 24.3 Å². The second-order valence-corrected chi connectivity index (χ2v) is 6.20. The van der Waals surface area contributed by atoms with E-state index in [4.69, 9.17) is 4.74 Å². The van der Waals surface area contributed by atoms with Crippen LogP contribution >= 0.6 is 0 Å². The van der Waals surface area contributed by atoms with E-state index in [0.29, 0.717) is 6.54 Å². The summed E-state index contributed by atoms with van der Waals surface area (Å²) in [6.07, 6.45) is 0.0183. The lowest BCUT2D eigenvalue weighted by molar-refractivity contribution is 0.0138. The van der Waals surface area contributed by atoms with Gasteiger partial charge in [-0.1, -0.05) is 0 Å². The monoisotopic (exact) mass is 264 g/mol. The van der Waals surface area contributed by atoms with Crippen molar-refractivity contribution in [2.45, 2.75) is 57.8 Å². The molecule has 1 aliphatic rings. The van der Waals surface area contributed by atoms with E-state index in [9.17, 15) is 8.78 Å². The molecular formula is C13H26F2N2O. The highest BCUT2D eigenvalue weighted by Gasteiger charge is 2.27. The molecule has 3 nitrogen and oxygen atoms in total. The van der Waals surface area contributed by atoms with E-state index < -0.39 is 6.43 Å². The summed E-state index contributed by atoms with van der Waals surface area (Å²) in [5.74, 6) is 0. The van der Waals surface area contributed by atoms with E-state index in [2.05, 4.69) is 26.1 Å². The Morgan fingerprint density at radius 1 is 1.28 bits per heavy atom. The summed E-state index contributed by atoms with van der Waals surface area (Å²) in [4.78, 5) is 1.65. The molecule has 2 unspecified atom stereocenters. The lowest BCUT2D eigenvalue weighted by Gasteiger charge is -2.24. The van der Waals surface area contributed by atoms with Crippen LogP contribution in [0.25, 0.3) is 0 Å². The minimum atomic E-state index is -2.27. The SMILES string of the molecule is CN(CC(F)F)CC1CCC(CNC(C)(C)C)O1. The van der Waals surface area contributed by atoms with Crippen LogP contribution in [0.4, 0.5) is 8.78 Å². The van der Waals surface area contributed by atoms with Crippen LogP contribution in [0.15, 0.2) is 0 Å². The van der Waals surface area contributed by atoms with Crippen molar-refractivity contribution in [1.29, 1.82) is 0 Å². The summed E-state index contributed by atoms with van der Waals surface area (Å²) in [6, 6.07) is 0. The molecule has 0 saturated carbocycles. The highest BCUT2D eigenvalue weighted by Crippen LogP contribution is 2.20. The molecule has 1 heterocycles. The predicted octanol–water partition coefficient (Wildman–Crippen LogP) is 2.12. The van der Waals surface area contributed by atoms with E-state index in [1.165, 1.54) is 0 Å². The Kier molecular flexibility index (Phi) is 5.95. The van der Waals surface area contributed by atoms with Gasteiger partial charge in [-0.2, -0.15) is 0 Å². The minimum Gasteiger partial charge on any atom is -0.372 e. The summed E-state index contributed by atoms with van der Waals surface area (Å²) in [6.45, 7) is 7.61. The number of rotatable bonds is 6. The van der Waals surface area contributed by atoms with Crippen LogP contribution in [-0.4, -0.2) is 55.8 Å². The molecular weight excluding hydrogens is 238 g/mol. The van der Waals surface area contributed by atoms with Crippen LogP contribution in [-0.2, 0) is 4.74 Å². The van der Waals surface area contributed by atoms with Gasteiger partial charge in [0.05, 0.1) is 18.8 Å². The predicted molar refractivity (Wildman–Crippen MR) is 69.2 cm³/mol. The number of halogens is 2. The molecule has 1 rings (SSSR count). The van der Waals surface area contributed by atoms with Gasteiger partial charge in [-0.3, -0.25) is 4.90 Å². The van der Waals surface area contributed by atoms with Crippen LogP contribution in [0.5, 0.6) is 0 Å². The normalized spacial score (nSPS) is 25.3. The maximum atomic E-state index is 12.2. The van der Waals surface area contributed by atoms with Crippen LogP contribution < -0.4 is 5.32 Å². The second kappa shape index (κ2) is 6.78. The molecule has 0 aromatic carbocycles. The smallest absolute Gasteiger partial charge is 0.251 e. The molecule has 18 heavy (non-hydrogen) atoms. The molecule has 5 heteroatoms. The van der Waals surface area contributed by atoms with Gasteiger partial charge < -0.3 is 10.1 Å². The largest absolute Gasteiger partial charge is 0.372 e. The molecule has 0 aliphatic carbocycles. The molecule has 0 aromatic heterocycles. The maximum Gasteiger partial charge on any atom is 0.251 e. The molecule has 108 valence electrons. The van der Waals surface area contributed by atoms with Gasteiger partial charge in [0.15, 0.2) is 0 Å². The molecule has 1 aliphatic heterocycles. The molecule has 1 N–H and O–H groups in total. The van der Waals surface area contributed by atoms with Gasteiger partial charge in [0.2, 0.25) is 0 Å². The third-order valence-corrected chi connectivity index (χ3v) is 3.02. The molecule has 0 spiro atoms. The number of hydrogen-bond acceptors (Lipinski definition) is 3. The van der Waals surface area contributed by atoms with E-state index >= 15 is 0 Å². The Bertz CT molecular complexity index is 244. The zero-order valence-corrected chi connectivity index (χ0v) is 11.9. The summed E-state index contributed by atoms with van der Waals surface area (Å²) >= 11 is 0. The molecule has 1 fully saturated rings. The van der Waals surface area contributed by atoms with E-state index in [1.807, 2.05) is 0 Å². The highest BCUT2D eigenvalue weighted by molar-refractivity contribution is 4.80. The topological polar surface area (TPSA) is 24.5 Å². The molecule has 0 amide bonds. The van der Waals surface area contributed by atoms with Crippen molar-refractivity contribution >= 4 is 0 Å². The fourth-order valence-electron chi connectivity index (χ4n) is 2.14. The van der Waals surface area contributed by atoms with Gasteiger partial charge in [-0.15, -0.1) is 0 Å². The molecule has 2 atom stereocenters. The second-order valence-electron chi connectivity index (χ2n) is 6.20. The van der Waals surface area contributed by atoms with Gasteiger partial charge in [-0.25, -0.2) is 8.78 Å². The zero-order valence-electron chi connectivity index (χ0n) is 11.9. The van der Waals surface area contributed by atoms with Crippen molar-refractivity contribution in [2.24, 2.45) is 0 Å². The van der Waals surface area contributed by atoms with Gasteiger partial charge in [0, 0.05) is 18.6 Å². The number of likely N-dealkylation sites (N-methyl/N-ethyl adjacent to an activating group) is 1. The van der Waals surface area contributed by atoms with Crippen LogP contribution in [0.1, 0.15) is 33.6 Å². The van der Waals surface area contributed by atoms with Crippen LogP contribution in [0.2, 0.25) is 0 Å². The molecule has 1 saturated heterocycles. The maximum absolute atomic E-state index is 12.2. The van der Waals surface area contributed by atoms with Crippen molar-refractivity contribution in [1.82, 2.24) is 10.2 Å². The summed E-state index contributed by atoms with van der Waals surface area (Å²) in [5.41, 5.74) is 0.0912. The lowest BCUT2D eigenvalue weighted by atomic mass is 10.1. The first-order valence-electron chi connectivity index (χ1n) is 6.63. The fraction of sp³-hybridized carbons (Fsp3) is 1.00. The number of ether oxygens (including phenoxy) is 1. The van der Waals surface area contributed by atoms with Crippen molar-refractivity contribution in [3.05, 3.63) is 0 Å². The first-order chi connectivity index (χ1) is 8.26. The summed E-state index contributed by atoms with van der Waals surface area (Å²) in [5, 5.41) is 3.41. The van der Waals surface area contributed by atoms with E-state index in [1.54, 1.807) is 11.9 Å². The van der Waals surface area contributed by atoms with Crippen molar-refractivity contribution in [2.75, 3.05) is 26.7 Å².